The number of methoxy groups -OCH3 is 1. The van der Waals surface area contributed by atoms with Gasteiger partial charge in [0.2, 0.25) is 0 Å². The highest BCUT2D eigenvalue weighted by Gasteiger charge is 2.30. The second-order valence-corrected chi connectivity index (χ2v) is 5.43. The highest BCUT2D eigenvalue weighted by Crippen LogP contribution is 2.11. The van der Waals surface area contributed by atoms with Crippen LogP contribution in [0.1, 0.15) is 13.8 Å². The number of nitrogens with zero attached hydrogens (tertiary/aromatic N) is 2. The number of hydrogen-bond acceptors (Lipinski definition) is 5. The van der Waals surface area contributed by atoms with Gasteiger partial charge in [-0.05, 0) is 13.8 Å². The second-order valence-electron chi connectivity index (χ2n) is 5.43. The van der Waals surface area contributed by atoms with Gasteiger partial charge in [0.1, 0.15) is 6.04 Å². The van der Waals surface area contributed by atoms with Crippen LogP contribution in [0.5, 0.6) is 0 Å². The van der Waals surface area contributed by atoms with E-state index in [1.165, 1.54) is 7.11 Å². The van der Waals surface area contributed by atoms with Gasteiger partial charge >= 0.3 is 5.97 Å². The summed E-state index contributed by atoms with van der Waals surface area (Å²) in [5.41, 5.74) is -0.707. The Labute approximate surface area is 108 Å². The van der Waals surface area contributed by atoms with Gasteiger partial charge < -0.3 is 14.9 Å². The van der Waals surface area contributed by atoms with Gasteiger partial charge in [-0.1, -0.05) is 0 Å². The largest absolute Gasteiger partial charge is 0.480 e. The van der Waals surface area contributed by atoms with Crippen molar-refractivity contribution in [3.63, 3.8) is 0 Å². The summed E-state index contributed by atoms with van der Waals surface area (Å²) in [5, 5.41) is 18.9. The van der Waals surface area contributed by atoms with E-state index in [2.05, 4.69) is 4.90 Å². The van der Waals surface area contributed by atoms with Crippen LogP contribution in [0, 0.1) is 0 Å². The van der Waals surface area contributed by atoms with Gasteiger partial charge in [0.25, 0.3) is 0 Å². The summed E-state index contributed by atoms with van der Waals surface area (Å²) in [7, 11) is 1.51. The van der Waals surface area contributed by atoms with E-state index in [0.717, 1.165) is 13.1 Å². The molecule has 1 aliphatic heterocycles. The van der Waals surface area contributed by atoms with Crippen molar-refractivity contribution in [3.05, 3.63) is 0 Å². The molecule has 1 unspecified atom stereocenters. The van der Waals surface area contributed by atoms with Crippen molar-refractivity contribution >= 4 is 5.97 Å². The predicted molar refractivity (Wildman–Crippen MR) is 67.6 cm³/mol. The maximum absolute atomic E-state index is 11.1. The Morgan fingerprint density at radius 2 is 1.89 bits per heavy atom. The van der Waals surface area contributed by atoms with E-state index >= 15 is 0 Å². The number of β-amino-alcohol motifs (C(OH)–C–C–N with tert-alkyl or cyclic N) is 1. The molecule has 106 valence electrons. The Bertz CT molecular complexity index is 270. The minimum absolute atomic E-state index is 0.209. The quantitative estimate of drug-likeness (QED) is 0.669. The molecule has 0 saturated carbocycles. The third kappa shape index (κ3) is 4.89. The van der Waals surface area contributed by atoms with Crippen LogP contribution in [0.15, 0.2) is 0 Å². The van der Waals surface area contributed by atoms with Gasteiger partial charge in [0, 0.05) is 39.8 Å². The first-order valence-electron chi connectivity index (χ1n) is 6.24. The summed E-state index contributed by atoms with van der Waals surface area (Å²) in [6.07, 6.45) is 0. The molecule has 0 aromatic carbocycles. The molecule has 18 heavy (non-hydrogen) atoms. The number of piperazine rings is 1. The lowest BCUT2D eigenvalue weighted by Gasteiger charge is -2.39. The van der Waals surface area contributed by atoms with Gasteiger partial charge in [-0.25, -0.2) is 0 Å². The first-order valence-corrected chi connectivity index (χ1v) is 6.24. The molecular weight excluding hydrogens is 236 g/mol. The molecule has 0 aromatic rings. The van der Waals surface area contributed by atoms with E-state index in [9.17, 15) is 9.90 Å². The number of carboxylic acids is 1. The van der Waals surface area contributed by atoms with Crippen molar-refractivity contribution in [3.8, 4) is 0 Å². The Balaban J connectivity index is 2.44. The number of carbonyl (C=O) groups is 1. The predicted octanol–water partition coefficient (Wildman–Crippen LogP) is -0.525. The topological polar surface area (TPSA) is 73.2 Å². The Kier molecular flexibility index (Phi) is 5.52. The normalized spacial score (nSPS) is 20.9. The monoisotopic (exact) mass is 260 g/mol. The standard InChI is InChI=1S/C12H24N2O4/c1-12(2,17)9-13-4-6-14(7-5-13)10(8-18-3)11(15)16/h10,17H,4-9H2,1-3H3,(H,15,16). The van der Waals surface area contributed by atoms with E-state index in [1.54, 1.807) is 13.8 Å². The van der Waals surface area contributed by atoms with Crippen molar-refractivity contribution < 1.29 is 19.7 Å². The lowest BCUT2D eigenvalue weighted by atomic mass is 10.1. The maximum atomic E-state index is 11.1. The maximum Gasteiger partial charge on any atom is 0.323 e. The van der Waals surface area contributed by atoms with Crippen LogP contribution in [-0.4, -0.2) is 84.1 Å². The summed E-state index contributed by atoms with van der Waals surface area (Å²) >= 11 is 0. The molecule has 0 amide bonds. The third-order valence-electron chi connectivity index (χ3n) is 3.07. The number of rotatable bonds is 6. The Hall–Kier alpha value is -0.690. The van der Waals surface area contributed by atoms with Gasteiger partial charge in [0.05, 0.1) is 12.2 Å². The molecule has 2 N–H and O–H groups in total. The lowest BCUT2D eigenvalue weighted by Crippen LogP contribution is -2.55. The fourth-order valence-electron chi connectivity index (χ4n) is 2.27. The minimum Gasteiger partial charge on any atom is -0.480 e. The highest BCUT2D eigenvalue weighted by molar-refractivity contribution is 5.73. The van der Waals surface area contributed by atoms with Crippen LogP contribution in [0.3, 0.4) is 0 Å². The van der Waals surface area contributed by atoms with Crippen molar-refractivity contribution in [2.24, 2.45) is 0 Å². The van der Waals surface area contributed by atoms with Crippen LogP contribution in [0.2, 0.25) is 0 Å². The van der Waals surface area contributed by atoms with E-state index in [-0.39, 0.29) is 6.61 Å². The molecule has 6 nitrogen and oxygen atoms in total. The molecule has 1 rings (SSSR count). The zero-order chi connectivity index (χ0) is 13.8. The minimum atomic E-state index is -0.840. The summed E-state index contributed by atoms with van der Waals surface area (Å²) in [4.78, 5) is 15.2. The first kappa shape index (κ1) is 15.4. The zero-order valence-corrected chi connectivity index (χ0v) is 11.4. The van der Waals surface area contributed by atoms with Gasteiger partial charge in [0.15, 0.2) is 0 Å². The van der Waals surface area contributed by atoms with Crippen LogP contribution >= 0.6 is 0 Å². The van der Waals surface area contributed by atoms with E-state index in [4.69, 9.17) is 9.84 Å². The molecule has 0 aliphatic carbocycles. The summed E-state index contributed by atoms with van der Waals surface area (Å²) in [6.45, 7) is 7.32. The number of aliphatic carboxylic acids is 1. The van der Waals surface area contributed by atoms with E-state index < -0.39 is 17.6 Å². The molecule has 1 heterocycles. The molecule has 0 radical (unpaired) electrons. The van der Waals surface area contributed by atoms with Crippen molar-refractivity contribution in [1.29, 1.82) is 0 Å². The zero-order valence-electron chi connectivity index (χ0n) is 11.4. The van der Waals surface area contributed by atoms with Crippen LogP contribution < -0.4 is 0 Å². The Morgan fingerprint density at radius 3 is 2.28 bits per heavy atom. The third-order valence-corrected chi connectivity index (χ3v) is 3.07. The van der Waals surface area contributed by atoms with Crippen LogP contribution in [0.25, 0.3) is 0 Å². The van der Waals surface area contributed by atoms with Crippen molar-refractivity contribution in [2.75, 3.05) is 46.4 Å². The molecule has 0 spiro atoms. The number of ether oxygens (including phenoxy) is 1. The smallest absolute Gasteiger partial charge is 0.323 e. The van der Waals surface area contributed by atoms with Crippen LogP contribution in [0.4, 0.5) is 0 Å². The highest BCUT2D eigenvalue weighted by atomic mass is 16.5. The van der Waals surface area contributed by atoms with Crippen LogP contribution in [-0.2, 0) is 9.53 Å². The molecule has 0 bridgehead atoms. The average Bonchev–Trinajstić information content (AvgIpc) is 2.25. The summed E-state index contributed by atoms with van der Waals surface area (Å²) in [5.74, 6) is -0.840. The molecule has 1 atom stereocenters. The van der Waals surface area contributed by atoms with E-state index in [0.29, 0.717) is 19.6 Å². The molecular formula is C12H24N2O4. The van der Waals surface area contributed by atoms with Crippen molar-refractivity contribution in [1.82, 2.24) is 9.80 Å². The second kappa shape index (κ2) is 6.47. The summed E-state index contributed by atoms with van der Waals surface area (Å²) < 4.78 is 4.95. The summed E-state index contributed by atoms with van der Waals surface area (Å²) in [6, 6.07) is -0.570. The molecule has 6 heteroatoms. The van der Waals surface area contributed by atoms with Gasteiger partial charge in [-0.3, -0.25) is 14.6 Å². The molecule has 1 aliphatic rings. The van der Waals surface area contributed by atoms with Crippen molar-refractivity contribution in [2.45, 2.75) is 25.5 Å². The molecule has 1 saturated heterocycles. The number of aliphatic hydroxyl groups is 1. The number of hydrogen-bond donors (Lipinski definition) is 2. The fraction of sp³-hybridized carbons (Fsp3) is 0.917. The lowest BCUT2D eigenvalue weighted by molar-refractivity contribution is -0.146. The van der Waals surface area contributed by atoms with Gasteiger partial charge in [-0.15, -0.1) is 0 Å². The Morgan fingerprint density at radius 1 is 1.33 bits per heavy atom. The molecule has 1 fully saturated rings. The molecule has 0 aromatic heterocycles. The SMILES string of the molecule is COCC(C(=O)O)N1CCN(CC(C)(C)O)CC1. The van der Waals surface area contributed by atoms with E-state index in [1.807, 2.05) is 4.90 Å². The number of carboxylic acid groups (broad SMARTS) is 1. The van der Waals surface area contributed by atoms with Gasteiger partial charge in [-0.2, -0.15) is 0 Å². The first-order chi connectivity index (χ1) is 8.33. The fourth-order valence-corrected chi connectivity index (χ4v) is 2.27. The average molecular weight is 260 g/mol.